The first-order valence-corrected chi connectivity index (χ1v) is 6.61. The zero-order valence-corrected chi connectivity index (χ0v) is 9.87. The van der Waals surface area contributed by atoms with Gasteiger partial charge in [-0.25, -0.2) is 8.42 Å². The highest BCUT2D eigenvalue weighted by atomic mass is 32.2. The summed E-state index contributed by atoms with van der Waals surface area (Å²) in [6, 6.07) is 8.00. The number of nitrogens with two attached hydrogens (primary N) is 1. The Bertz CT molecular complexity index is 503. The van der Waals surface area contributed by atoms with Crippen molar-refractivity contribution in [2.24, 2.45) is 5.73 Å². The molecule has 0 radical (unpaired) electrons. The van der Waals surface area contributed by atoms with Crippen molar-refractivity contribution in [2.45, 2.75) is 24.3 Å². The largest absolute Gasteiger partial charge is 0.323 e. The SMILES string of the molecule is CCS(=O)(=O)c1cccc([C@@H](N)CC#N)c1. The highest BCUT2D eigenvalue weighted by Gasteiger charge is 2.13. The number of hydrogen-bond donors (Lipinski definition) is 1. The fraction of sp³-hybridized carbons (Fsp3) is 0.364. The zero-order chi connectivity index (χ0) is 12.2. The van der Waals surface area contributed by atoms with E-state index < -0.39 is 15.9 Å². The summed E-state index contributed by atoms with van der Waals surface area (Å²) in [4.78, 5) is 0.265. The molecular formula is C11H14N2O2S. The van der Waals surface area contributed by atoms with Crippen LogP contribution >= 0.6 is 0 Å². The molecule has 0 fully saturated rings. The topological polar surface area (TPSA) is 83.9 Å². The summed E-state index contributed by atoms with van der Waals surface area (Å²) >= 11 is 0. The molecule has 2 N–H and O–H groups in total. The molecule has 0 aliphatic carbocycles. The number of nitrogens with zero attached hydrogens (tertiary/aromatic N) is 1. The van der Waals surface area contributed by atoms with Gasteiger partial charge in [-0.2, -0.15) is 5.26 Å². The minimum atomic E-state index is -3.21. The molecule has 0 heterocycles. The molecular weight excluding hydrogens is 224 g/mol. The number of sulfone groups is 1. The van der Waals surface area contributed by atoms with E-state index >= 15 is 0 Å². The Morgan fingerprint density at radius 1 is 1.50 bits per heavy atom. The van der Waals surface area contributed by atoms with Gasteiger partial charge in [-0.05, 0) is 17.7 Å². The first kappa shape index (κ1) is 12.7. The molecule has 0 amide bonds. The molecule has 0 aliphatic rings. The van der Waals surface area contributed by atoms with E-state index in [0.29, 0.717) is 5.56 Å². The summed E-state index contributed by atoms with van der Waals surface area (Å²) < 4.78 is 23.3. The number of hydrogen-bond acceptors (Lipinski definition) is 4. The third-order valence-electron chi connectivity index (χ3n) is 2.34. The van der Waals surface area contributed by atoms with Crippen molar-refractivity contribution in [3.63, 3.8) is 0 Å². The molecule has 0 saturated heterocycles. The second kappa shape index (κ2) is 5.10. The predicted molar refractivity (Wildman–Crippen MR) is 61.3 cm³/mol. The standard InChI is InChI=1S/C11H14N2O2S/c1-2-16(14,15)10-5-3-4-9(8-10)11(13)6-7-12/h3-5,8,11H,2,6,13H2,1H3/t11-/m0/s1. The third-order valence-corrected chi connectivity index (χ3v) is 4.07. The van der Waals surface area contributed by atoms with Crippen molar-refractivity contribution in [1.29, 1.82) is 5.26 Å². The second-order valence-electron chi connectivity index (χ2n) is 3.44. The summed E-state index contributed by atoms with van der Waals surface area (Å²) in [6.07, 6.45) is 0.176. The van der Waals surface area contributed by atoms with Gasteiger partial charge in [0.1, 0.15) is 0 Å². The van der Waals surface area contributed by atoms with Crippen LogP contribution < -0.4 is 5.73 Å². The lowest BCUT2D eigenvalue weighted by Gasteiger charge is -2.09. The molecule has 0 unspecified atom stereocenters. The van der Waals surface area contributed by atoms with Crippen molar-refractivity contribution in [1.82, 2.24) is 0 Å². The van der Waals surface area contributed by atoms with Crippen LogP contribution in [0.25, 0.3) is 0 Å². The number of rotatable bonds is 4. The minimum absolute atomic E-state index is 0.0595. The van der Waals surface area contributed by atoms with E-state index in [1.165, 1.54) is 0 Å². The van der Waals surface area contributed by atoms with Gasteiger partial charge >= 0.3 is 0 Å². The summed E-state index contributed by atoms with van der Waals surface area (Å²) in [6.45, 7) is 1.59. The molecule has 1 aromatic carbocycles. The lowest BCUT2D eigenvalue weighted by atomic mass is 10.1. The number of nitriles is 1. The molecule has 0 saturated carbocycles. The normalized spacial score (nSPS) is 13.1. The maximum atomic E-state index is 11.6. The summed E-state index contributed by atoms with van der Waals surface area (Å²) in [7, 11) is -3.21. The molecule has 1 atom stereocenters. The Morgan fingerprint density at radius 2 is 2.19 bits per heavy atom. The van der Waals surface area contributed by atoms with Gasteiger partial charge in [0.15, 0.2) is 9.84 Å². The lowest BCUT2D eigenvalue weighted by Crippen LogP contribution is -2.11. The van der Waals surface area contributed by atoms with Crippen LogP contribution in [0.4, 0.5) is 0 Å². The van der Waals surface area contributed by atoms with Crippen LogP contribution in [0.15, 0.2) is 29.2 Å². The zero-order valence-electron chi connectivity index (χ0n) is 9.05. The van der Waals surface area contributed by atoms with Crippen LogP contribution in [0.2, 0.25) is 0 Å². The Labute approximate surface area is 95.6 Å². The van der Waals surface area contributed by atoms with E-state index in [4.69, 9.17) is 11.0 Å². The van der Waals surface area contributed by atoms with E-state index in [1.54, 1.807) is 31.2 Å². The van der Waals surface area contributed by atoms with E-state index in [0.717, 1.165) is 0 Å². The highest BCUT2D eigenvalue weighted by Crippen LogP contribution is 2.18. The molecule has 16 heavy (non-hydrogen) atoms. The maximum absolute atomic E-state index is 11.6. The summed E-state index contributed by atoms with van der Waals surface area (Å²) in [5, 5.41) is 8.53. The van der Waals surface area contributed by atoms with Gasteiger partial charge in [0.2, 0.25) is 0 Å². The molecule has 86 valence electrons. The van der Waals surface area contributed by atoms with Crippen molar-refractivity contribution in [3.8, 4) is 6.07 Å². The average Bonchev–Trinajstić information content (AvgIpc) is 2.29. The van der Waals surface area contributed by atoms with Crippen molar-refractivity contribution >= 4 is 9.84 Å². The molecule has 0 bridgehead atoms. The van der Waals surface area contributed by atoms with Crippen LogP contribution in [0.3, 0.4) is 0 Å². The lowest BCUT2D eigenvalue weighted by molar-refractivity contribution is 0.597. The van der Waals surface area contributed by atoms with Crippen LogP contribution in [-0.4, -0.2) is 14.2 Å². The van der Waals surface area contributed by atoms with Gasteiger partial charge in [0.05, 0.1) is 23.1 Å². The van der Waals surface area contributed by atoms with E-state index in [1.807, 2.05) is 6.07 Å². The van der Waals surface area contributed by atoms with E-state index in [9.17, 15) is 8.42 Å². The molecule has 1 aromatic rings. The molecule has 4 nitrogen and oxygen atoms in total. The van der Waals surface area contributed by atoms with Crippen LogP contribution in [0.1, 0.15) is 24.9 Å². The second-order valence-corrected chi connectivity index (χ2v) is 5.72. The van der Waals surface area contributed by atoms with Crippen molar-refractivity contribution < 1.29 is 8.42 Å². The quantitative estimate of drug-likeness (QED) is 0.859. The van der Waals surface area contributed by atoms with Crippen molar-refractivity contribution in [2.75, 3.05) is 5.75 Å². The van der Waals surface area contributed by atoms with Crippen LogP contribution in [0.5, 0.6) is 0 Å². The number of benzene rings is 1. The Morgan fingerprint density at radius 3 is 2.75 bits per heavy atom. The molecule has 0 aliphatic heterocycles. The van der Waals surface area contributed by atoms with Crippen LogP contribution in [0, 0.1) is 11.3 Å². The van der Waals surface area contributed by atoms with Crippen LogP contribution in [-0.2, 0) is 9.84 Å². The van der Waals surface area contributed by atoms with Crippen molar-refractivity contribution in [3.05, 3.63) is 29.8 Å². The molecule has 0 aromatic heterocycles. The molecule has 0 spiro atoms. The van der Waals surface area contributed by atoms with E-state index in [2.05, 4.69) is 0 Å². The highest BCUT2D eigenvalue weighted by molar-refractivity contribution is 7.91. The molecule has 5 heteroatoms. The predicted octanol–water partition coefficient (Wildman–Crippen LogP) is 1.39. The van der Waals surface area contributed by atoms with Gasteiger partial charge in [0.25, 0.3) is 0 Å². The Hall–Kier alpha value is -1.38. The Kier molecular flexibility index (Phi) is 4.05. The van der Waals surface area contributed by atoms with E-state index in [-0.39, 0.29) is 17.1 Å². The van der Waals surface area contributed by atoms with Gasteiger partial charge in [-0.3, -0.25) is 0 Å². The maximum Gasteiger partial charge on any atom is 0.178 e. The monoisotopic (exact) mass is 238 g/mol. The van der Waals surface area contributed by atoms with Gasteiger partial charge < -0.3 is 5.73 Å². The minimum Gasteiger partial charge on any atom is -0.323 e. The van der Waals surface area contributed by atoms with Gasteiger partial charge in [0, 0.05) is 6.04 Å². The fourth-order valence-electron chi connectivity index (χ4n) is 1.32. The first-order valence-electron chi connectivity index (χ1n) is 4.96. The Balaban J connectivity index is 3.10. The van der Waals surface area contributed by atoms with Gasteiger partial charge in [-0.1, -0.05) is 19.1 Å². The fourth-order valence-corrected chi connectivity index (χ4v) is 2.26. The third kappa shape index (κ3) is 2.81. The smallest absolute Gasteiger partial charge is 0.178 e. The summed E-state index contributed by atoms with van der Waals surface area (Å²) in [5.41, 5.74) is 6.42. The average molecular weight is 238 g/mol. The first-order chi connectivity index (χ1) is 7.51. The summed E-state index contributed by atoms with van der Waals surface area (Å²) in [5.74, 6) is 0.0595. The molecule has 1 rings (SSSR count). The van der Waals surface area contributed by atoms with Gasteiger partial charge in [-0.15, -0.1) is 0 Å².